The second kappa shape index (κ2) is 9.53. The van der Waals surface area contributed by atoms with Gasteiger partial charge >= 0.3 is 6.03 Å². The fourth-order valence-electron chi connectivity index (χ4n) is 5.28. The molecule has 0 spiro atoms. The van der Waals surface area contributed by atoms with Crippen molar-refractivity contribution < 1.29 is 14.0 Å². The molecule has 2 aromatic rings. The van der Waals surface area contributed by atoms with Crippen LogP contribution in [0, 0.1) is 5.82 Å². The lowest BCUT2D eigenvalue weighted by atomic mass is 10.1. The molecule has 33 heavy (non-hydrogen) atoms. The summed E-state index contributed by atoms with van der Waals surface area (Å²) in [5.41, 5.74) is 3.41. The number of amides is 3. The lowest BCUT2D eigenvalue weighted by Crippen LogP contribution is -2.54. The quantitative estimate of drug-likeness (QED) is 0.653. The molecule has 2 fully saturated rings. The van der Waals surface area contributed by atoms with Gasteiger partial charge in [0.2, 0.25) is 0 Å². The minimum Gasteiger partial charge on any atom is -0.334 e. The number of piperidine rings is 1. The van der Waals surface area contributed by atoms with Crippen molar-refractivity contribution in [1.29, 1.82) is 0 Å². The van der Waals surface area contributed by atoms with Gasteiger partial charge in [-0.25, -0.2) is 13.9 Å². The van der Waals surface area contributed by atoms with Crippen molar-refractivity contribution >= 4 is 11.9 Å². The first-order valence-corrected chi connectivity index (χ1v) is 12.3. The van der Waals surface area contributed by atoms with Crippen LogP contribution in [0.2, 0.25) is 0 Å². The zero-order chi connectivity index (χ0) is 22.8. The van der Waals surface area contributed by atoms with Crippen LogP contribution in [0.3, 0.4) is 0 Å². The second-order valence-corrected chi connectivity index (χ2v) is 9.33. The highest BCUT2D eigenvalue weighted by Gasteiger charge is 2.32. The SMILES string of the molecule is O=C(c1nn(-c2ccc(F)cc2)c2c1CCCCC2)N1CCN(C(=O)N2CCCCC2)CC1. The average Bonchev–Trinajstić information content (AvgIpc) is 3.05. The van der Waals surface area contributed by atoms with Gasteiger partial charge in [-0.2, -0.15) is 5.10 Å². The molecule has 0 radical (unpaired) electrons. The van der Waals surface area contributed by atoms with Crippen LogP contribution in [0.25, 0.3) is 5.69 Å². The average molecular weight is 454 g/mol. The number of piperazine rings is 1. The highest BCUT2D eigenvalue weighted by molar-refractivity contribution is 5.94. The Morgan fingerprint density at radius 3 is 2.06 bits per heavy atom. The van der Waals surface area contributed by atoms with E-state index in [0.29, 0.717) is 31.9 Å². The number of rotatable bonds is 2. The molecule has 3 heterocycles. The molecule has 3 amide bonds. The monoisotopic (exact) mass is 453 g/mol. The van der Waals surface area contributed by atoms with Crippen LogP contribution < -0.4 is 0 Å². The fourth-order valence-corrected chi connectivity index (χ4v) is 5.28. The standard InChI is InChI=1S/C25H32FN5O2/c26-19-9-11-20(12-10-19)31-22-8-4-1-3-7-21(22)23(27-31)24(32)28-15-17-30(18-16-28)25(33)29-13-5-2-6-14-29/h9-12H,1-8,13-18H2. The lowest BCUT2D eigenvalue weighted by Gasteiger charge is -2.38. The van der Waals surface area contributed by atoms with Crippen LogP contribution in [-0.2, 0) is 12.8 Å². The smallest absolute Gasteiger partial charge is 0.320 e. The molecule has 2 aliphatic heterocycles. The summed E-state index contributed by atoms with van der Waals surface area (Å²) in [5, 5.41) is 4.75. The second-order valence-electron chi connectivity index (χ2n) is 9.33. The van der Waals surface area contributed by atoms with Crippen LogP contribution in [0.4, 0.5) is 9.18 Å². The maximum atomic E-state index is 13.5. The zero-order valence-electron chi connectivity index (χ0n) is 19.1. The van der Waals surface area contributed by atoms with E-state index in [1.54, 1.807) is 12.1 Å². The summed E-state index contributed by atoms with van der Waals surface area (Å²) in [7, 11) is 0. The maximum Gasteiger partial charge on any atom is 0.320 e. The van der Waals surface area contributed by atoms with Crippen molar-refractivity contribution in [2.24, 2.45) is 0 Å². The summed E-state index contributed by atoms with van der Waals surface area (Å²) in [6.45, 7) is 3.84. The number of nitrogens with zero attached hydrogens (tertiary/aromatic N) is 5. The van der Waals surface area contributed by atoms with Gasteiger partial charge in [0.05, 0.1) is 5.69 Å². The predicted molar refractivity (Wildman–Crippen MR) is 123 cm³/mol. The number of likely N-dealkylation sites (tertiary alicyclic amines) is 1. The Bertz CT molecular complexity index is 1000. The number of carbonyl (C=O) groups excluding carboxylic acids is 2. The number of carbonyl (C=O) groups is 2. The van der Waals surface area contributed by atoms with E-state index >= 15 is 0 Å². The molecule has 8 heteroatoms. The third-order valence-electron chi connectivity index (χ3n) is 7.17. The van der Waals surface area contributed by atoms with E-state index in [-0.39, 0.29) is 17.8 Å². The van der Waals surface area contributed by atoms with Gasteiger partial charge in [-0.3, -0.25) is 4.79 Å². The van der Waals surface area contributed by atoms with Crippen molar-refractivity contribution in [2.75, 3.05) is 39.3 Å². The molecule has 0 unspecified atom stereocenters. The van der Waals surface area contributed by atoms with E-state index in [2.05, 4.69) is 0 Å². The first-order valence-electron chi connectivity index (χ1n) is 12.3. The topological polar surface area (TPSA) is 61.7 Å². The van der Waals surface area contributed by atoms with Gasteiger partial charge in [0.1, 0.15) is 5.82 Å². The van der Waals surface area contributed by atoms with Crippen LogP contribution in [0.15, 0.2) is 24.3 Å². The summed E-state index contributed by atoms with van der Waals surface area (Å²) >= 11 is 0. The minimum atomic E-state index is -0.287. The number of aromatic nitrogens is 2. The van der Waals surface area contributed by atoms with Gasteiger partial charge in [-0.1, -0.05) is 6.42 Å². The van der Waals surface area contributed by atoms with Crippen molar-refractivity contribution in [1.82, 2.24) is 24.5 Å². The summed E-state index contributed by atoms with van der Waals surface area (Å²) in [5.74, 6) is -0.343. The molecule has 176 valence electrons. The number of fused-ring (bicyclic) bond motifs is 1. The van der Waals surface area contributed by atoms with Gasteiger partial charge in [-0.15, -0.1) is 0 Å². The van der Waals surface area contributed by atoms with Gasteiger partial charge in [0, 0.05) is 50.5 Å². The third-order valence-corrected chi connectivity index (χ3v) is 7.17. The number of hydrogen-bond acceptors (Lipinski definition) is 3. The summed E-state index contributed by atoms with van der Waals surface area (Å²) in [4.78, 5) is 32.0. The van der Waals surface area contributed by atoms with Crippen LogP contribution in [0.1, 0.15) is 60.3 Å². The maximum absolute atomic E-state index is 13.5. The van der Waals surface area contributed by atoms with Gasteiger partial charge in [-0.05, 0) is 69.2 Å². The first-order chi connectivity index (χ1) is 16.1. The molecule has 5 rings (SSSR count). The number of halogens is 1. The van der Waals surface area contributed by atoms with E-state index in [1.165, 1.54) is 18.6 Å². The van der Waals surface area contributed by atoms with E-state index in [9.17, 15) is 14.0 Å². The van der Waals surface area contributed by atoms with E-state index in [0.717, 1.165) is 75.0 Å². The van der Waals surface area contributed by atoms with E-state index in [4.69, 9.17) is 5.10 Å². The first kappa shape index (κ1) is 21.9. The Kier molecular flexibility index (Phi) is 6.33. The molecule has 1 aliphatic carbocycles. The molecule has 1 aromatic heterocycles. The molecule has 7 nitrogen and oxygen atoms in total. The van der Waals surface area contributed by atoms with Gasteiger partial charge in [0.15, 0.2) is 5.69 Å². The molecule has 0 atom stereocenters. The third kappa shape index (κ3) is 4.48. The molecular formula is C25H32FN5O2. The zero-order valence-corrected chi connectivity index (χ0v) is 19.1. The van der Waals surface area contributed by atoms with Crippen LogP contribution >= 0.6 is 0 Å². The van der Waals surface area contributed by atoms with Crippen molar-refractivity contribution in [3.8, 4) is 5.69 Å². The highest BCUT2D eigenvalue weighted by atomic mass is 19.1. The fraction of sp³-hybridized carbons (Fsp3) is 0.560. The Hall–Kier alpha value is -2.90. The molecule has 2 saturated heterocycles. The normalized spacial score (nSPS) is 19.2. The molecular weight excluding hydrogens is 421 g/mol. The Morgan fingerprint density at radius 1 is 0.727 bits per heavy atom. The Labute approximate surface area is 194 Å². The lowest BCUT2D eigenvalue weighted by molar-refractivity contribution is 0.0626. The Morgan fingerprint density at radius 2 is 1.33 bits per heavy atom. The molecule has 0 N–H and O–H groups in total. The molecule has 1 aromatic carbocycles. The van der Waals surface area contributed by atoms with Gasteiger partial charge < -0.3 is 14.7 Å². The van der Waals surface area contributed by atoms with E-state index in [1.807, 2.05) is 19.4 Å². The van der Waals surface area contributed by atoms with Crippen molar-refractivity contribution in [2.45, 2.75) is 51.4 Å². The van der Waals surface area contributed by atoms with Crippen LogP contribution in [-0.4, -0.2) is 75.7 Å². The number of hydrogen-bond donors (Lipinski definition) is 0. The van der Waals surface area contributed by atoms with Crippen LogP contribution in [0.5, 0.6) is 0 Å². The molecule has 0 saturated carbocycles. The largest absolute Gasteiger partial charge is 0.334 e. The summed E-state index contributed by atoms with van der Waals surface area (Å²) in [6.07, 6.45) is 8.28. The summed E-state index contributed by atoms with van der Waals surface area (Å²) in [6, 6.07) is 6.40. The Balaban J connectivity index is 1.33. The van der Waals surface area contributed by atoms with Gasteiger partial charge in [0.25, 0.3) is 5.91 Å². The molecule has 3 aliphatic rings. The minimum absolute atomic E-state index is 0.0564. The number of benzene rings is 1. The summed E-state index contributed by atoms with van der Waals surface area (Å²) < 4.78 is 15.3. The van der Waals surface area contributed by atoms with Crippen molar-refractivity contribution in [3.05, 3.63) is 47.0 Å². The highest BCUT2D eigenvalue weighted by Crippen LogP contribution is 2.27. The van der Waals surface area contributed by atoms with E-state index < -0.39 is 0 Å². The number of urea groups is 1. The predicted octanol–water partition coefficient (Wildman–Crippen LogP) is 3.64. The molecule has 0 bridgehead atoms. The van der Waals surface area contributed by atoms with Crippen molar-refractivity contribution in [3.63, 3.8) is 0 Å².